The van der Waals surface area contributed by atoms with E-state index in [0.717, 1.165) is 34.2 Å². The number of carbonyl (C=O) groups is 1. The average molecular weight is 402 g/mol. The van der Waals surface area contributed by atoms with Gasteiger partial charge in [0.15, 0.2) is 10.0 Å². The number of anilines is 1. The summed E-state index contributed by atoms with van der Waals surface area (Å²) in [5.41, 5.74) is 1.20. The number of amides is 1. The fourth-order valence-electron chi connectivity index (χ4n) is 2.26. The van der Waals surface area contributed by atoms with Crippen molar-refractivity contribution in [3.05, 3.63) is 58.0 Å². The lowest BCUT2D eigenvalue weighted by molar-refractivity contribution is 0.101. The Balaban J connectivity index is 1.77. The van der Waals surface area contributed by atoms with Gasteiger partial charge < -0.3 is 0 Å². The van der Waals surface area contributed by atoms with Gasteiger partial charge in [-0.1, -0.05) is 48.6 Å². The second-order valence-corrected chi connectivity index (χ2v) is 8.16. The molecule has 0 aliphatic rings. The molecule has 3 rings (SSSR count). The van der Waals surface area contributed by atoms with Crippen LogP contribution in [0.2, 0.25) is 0 Å². The third-order valence-electron chi connectivity index (χ3n) is 3.64. The third kappa shape index (κ3) is 5.01. The van der Waals surface area contributed by atoms with Gasteiger partial charge in [0.05, 0.1) is 5.69 Å². The molecule has 1 amide bonds. The Morgan fingerprint density at radius 1 is 1.30 bits per heavy atom. The van der Waals surface area contributed by atoms with Crippen molar-refractivity contribution in [1.29, 1.82) is 0 Å². The fourth-order valence-corrected chi connectivity index (χ4v) is 4.16. The number of nitrogens with one attached hydrogen (secondary N) is 1. The monoisotopic (exact) mass is 401 g/mol. The molecule has 0 saturated carbocycles. The highest BCUT2D eigenvalue weighted by Gasteiger charge is 2.16. The smallest absolute Gasteiger partial charge is 0.282 e. The van der Waals surface area contributed by atoms with Crippen LogP contribution in [0.1, 0.15) is 35.8 Å². The number of benzene rings is 1. The number of nitrogens with zero attached hydrogens (tertiary/aromatic N) is 4. The van der Waals surface area contributed by atoms with Crippen LogP contribution >= 0.6 is 23.1 Å². The molecule has 1 N–H and O–H groups in total. The largest absolute Gasteiger partial charge is 0.295 e. The summed E-state index contributed by atoms with van der Waals surface area (Å²) in [6.07, 6.45) is 3.75. The van der Waals surface area contributed by atoms with E-state index in [4.69, 9.17) is 0 Å². The molecule has 2 aromatic heterocycles. The molecule has 9 heteroatoms. The third-order valence-corrected chi connectivity index (χ3v) is 5.70. The van der Waals surface area contributed by atoms with Gasteiger partial charge in [0, 0.05) is 18.0 Å². The molecule has 0 atom stereocenters. The fraction of sp³-hybridized carbons (Fsp3) is 0.278. The van der Waals surface area contributed by atoms with Gasteiger partial charge in [0.25, 0.3) is 5.91 Å². The summed E-state index contributed by atoms with van der Waals surface area (Å²) >= 11 is 2.89. The lowest BCUT2D eigenvalue weighted by Gasteiger charge is -2.07. The molecule has 0 aliphatic carbocycles. The summed E-state index contributed by atoms with van der Waals surface area (Å²) in [5.74, 6) is 0.365. The topological polar surface area (TPSA) is 89.8 Å². The van der Waals surface area contributed by atoms with Crippen LogP contribution in [-0.2, 0) is 0 Å². The lowest BCUT2D eigenvalue weighted by Crippen LogP contribution is -2.25. The molecule has 0 unspecified atom stereocenters. The standard InChI is InChI=1S/C18H19N5O2S2/c1-3-4-10-26-18-21-20-17(27-18)19-16(25)15-14(24)8-9-23(22-15)13-7-5-6-12(2)11-13/h5-9,11H,3-4,10H2,1-2H3,(H,19,20,25). The highest BCUT2D eigenvalue weighted by Crippen LogP contribution is 2.26. The molecule has 3 aromatic rings. The maximum atomic E-state index is 12.5. The van der Waals surface area contributed by atoms with Crippen LogP contribution in [0.3, 0.4) is 0 Å². The summed E-state index contributed by atoms with van der Waals surface area (Å²) in [5, 5.41) is 15.2. The van der Waals surface area contributed by atoms with Gasteiger partial charge >= 0.3 is 0 Å². The van der Waals surface area contributed by atoms with Gasteiger partial charge in [-0.15, -0.1) is 10.2 Å². The molecule has 140 valence electrons. The second kappa shape index (κ2) is 8.92. The maximum absolute atomic E-state index is 12.5. The highest BCUT2D eigenvalue weighted by atomic mass is 32.2. The number of hydrogen-bond donors (Lipinski definition) is 1. The molecule has 0 fully saturated rings. The van der Waals surface area contributed by atoms with Crippen molar-refractivity contribution in [2.75, 3.05) is 11.1 Å². The molecule has 27 heavy (non-hydrogen) atoms. The number of unbranched alkanes of at least 4 members (excludes halogenated alkanes) is 1. The number of carbonyl (C=O) groups excluding carboxylic acids is 1. The van der Waals surface area contributed by atoms with Crippen molar-refractivity contribution in [1.82, 2.24) is 20.0 Å². The predicted molar refractivity (Wildman–Crippen MR) is 108 cm³/mol. The van der Waals surface area contributed by atoms with Crippen molar-refractivity contribution in [2.24, 2.45) is 0 Å². The molecular weight excluding hydrogens is 382 g/mol. The van der Waals surface area contributed by atoms with E-state index >= 15 is 0 Å². The van der Waals surface area contributed by atoms with Crippen molar-refractivity contribution in [3.8, 4) is 5.69 Å². The van der Waals surface area contributed by atoms with Crippen LogP contribution in [0.15, 0.2) is 45.7 Å². The first-order chi connectivity index (χ1) is 13.1. The van der Waals surface area contributed by atoms with Crippen molar-refractivity contribution in [2.45, 2.75) is 31.0 Å². The molecule has 1 aromatic carbocycles. The molecule has 7 nitrogen and oxygen atoms in total. The lowest BCUT2D eigenvalue weighted by atomic mass is 10.2. The minimum atomic E-state index is -0.594. The summed E-state index contributed by atoms with van der Waals surface area (Å²) in [4.78, 5) is 24.6. The van der Waals surface area contributed by atoms with Gasteiger partial charge in [-0.05, 0) is 31.0 Å². The quantitative estimate of drug-likeness (QED) is 0.370. The first kappa shape index (κ1) is 19.2. The van der Waals surface area contributed by atoms with E-state index in [1.807, 2.05) is 31.2 Å². The first-order valence-electron chi connectivity index (χ1n) is 8.51. The van der Waals surface area contributed by atoms with Gasteiger partial charge in [-0.25, -0.2) is 4.68 Å². The van der Waals surface area contributed by atoms with E-state index in [9.17, 15) is 9.59 Å². The first-order valence-corrected chi connectivity index (χ1v) is 10.3. The number of aromatic nitrogens is 4. The van der Waals surface area contributed by atoms with Crippen molar-refractivity contribution >= 4 is 34.1 Å². The number of aryl methyl sites for hydroxylation is 1. The summed E-state index contributed by atoms with van der Waals surface area (Å²) < 4.78 is 2.30. The van der Waals surface area contributed by atoms with Crippen LogP contribution in [0.4, 0.5) is 5.13 Å². The van der Waals surface area contributed by atoms with E-state index < -0.39 is 11.3 Å². The molecule has 0 spiro atoms. The Bertz CT molecular complexity index is 999. The SMILES string of the molecule is CCCCSc1nnc(NC(=O)c2nn(-c3cccc(C)c3)ccc2=O)s1. The second-order valence-electron chi connectivity index (χ2n) is 5.84. The summed E-state index contributed by atoms with van der Waals surface area (Å²) in [7, 11) is 0. The Morgan fingerprint density at radius 2 is 2.15 bits per heavy atom. The minimum Gasteiger partial charge on any atom is -0.295 e. The summed E-state index contributed by atoms with van der Waals surface area (Å²) in [6, 6.07) is 8.96. The number of rotatable bonds is 7. The normalized spacial score (nSPS) is 10.7. The van der Waals surface area contributed by atoms with Crippen molar-refractivity contribution in [3.63, 3.8) is 0 Å². The molecule has 2 heterocycles. The minimum absolute atomic E-state index is 0.186. The van der Waals surface area contributed by atoms with E-state index in [1.165, 1.54) is 22.1 Å². The molecule has 0 saturated heterocycles. The van der Waals surface area contributed by atoms with Gasteiger partial charge in [0.2, 0.25) is 10.6 Å². The Morgan fingerprint density at radius 3 is 2.93 bits per heavy atom. The van der Waals surface area contributed by atoms with Gasteiger partial charge in [-0.2, -0.15) is 5.10 Å². The van der Waals surface area contributed by atoms with Crippen LogP contribution in [-0.4, -0.2) is 31.6 Å². The van der Waals surface area contributed by atoms with Crippen LogP contribution in [0.5, 0.6) is 0 Å². The molecule has 0 bridgehead atoms. The Hall–Kier alpha value is -2.52. The van der Waals surface area contributed by atoms with E-state index in [0.29, 0.717) is 5.13 Å². The van der Waals surface area contributed by atoms with E-state index in [2.05, 4.69) is 27.5 Å². The Kier molecular flexibility index (Phi) is 6.36. The molecule has 0 aliphatic heterocycles. The predicted octanol–water partition coefficient (Wildman–Crippen LogP) is 3.54. The van der Waals surface area contributed by atoms with Crippen LogP contribution in [0.25, 0.3) is 5.69 Å². The number of hydrogen-bond acceptors (Lipinski definition) is 7. The highest BCUT2D eigenvalue weighted by molar-refractivity contribution is 8.01. The summed E-state index contributed by atoms with van der Waals surface area (Å²) in [6.45, 7) is 4.09. The zero-order valence-corrected chi connectivity index (χ0v) is 16.6. The molecule has 0 radical (unpaired) electrons. The van der Waals surface area contributed by atoms with Crippen LogP contribution < -0.4 is 10.7 Å². The van der Waals surface area contributed by atoms with Gasteiger partial charge in [0.1, 0.15) is 0 Å². The average Bonchev–Trinajstić information content (AvgIpc) is 3.09. The molecular formula is C18H19N5O2S2. The van der Waals surface area contributed by atoms with E-state index in [-0.39, 0.29) is 5.69 Å². The van der Waals surface area contributed by atoms with Gasteiger partial charge in [-0.3, -0.25) is 14.9 Å². The van der Waals surface area contributed by atoms with Crippen molar-refractivity contribution < 1.29 is 4.79 Å². The zero-order valence-electron chi connectivity index (χ0n) is 15.0. The Labute approximate surface area is 164 Å². The maximum Gasteiger partial charge on any atom is 0.282 e. The van der Waals surface area contributed by atoms with E-state index in [1.54, 1.807) is 18.0 Å². The number of thioether (sulfide) groups is 1. The van der Waals surface area contributed by atoms with Crippen LogP contribution in [0, 0.1) is 6.92 Å². The zero-order chi connectivity index (χ0) is 19.2.